The van der Waals surface area contributed by atoms with Crippen LogP contribution in [-0.4, -0.2) is 19.8 Å². The largest absolute Gasteiger partial charge is 0.397 e. The summed E-state index contributed by atoms with van der Waals surface area (Å²) >= 11 is 0. The number of nitrogens with zero attached hydrogens (tertiary/aromatic N) is 1. The summed E-state index contributed by atoms with van der Waals surface area (Å²) in [6.07, 6.45) is 0.938. The van der Waals surface area contributed by atoms with Crippen molar-refractivity contribution in [2.45, 2.75) is 13.3 Å². The monoisotopic (exact) mass is 219 g/mol. The number of hydrogen-bond acceptors (Lipinski definition) is 4. The summed E-state index contributed by atoms with van der Waals surface area (Å²) in [7, 11) is 0. The summed E-state index contributed by atoms with van der Waals surface area (Å²) in [6, 6.07) is 7.30. The van der Waals surface area contributed by atoms with Crippen LogP contribution in [0.2, 0.25) is 0 Å². The van der Waals surface area contributed by atoms with Gasteiger partial charge in [0.2, 0.25) is 0 Å². The average Bonchev–Trinajstić information content (AvgIpc) is 2.30. The zero-order valence-corrected chi connectivity index (χ0v) is 9.49. The van der Waals surface area contributed by atoms with Crippen LogP contribution in [-0.2, 0) is 4.74 Å². The predicted octanol–water partition coefficient (Wildman–Crippen LogP) is 1.98. The van der Waals surface area contributed by atoms with Crippen LogP contribution < -0.4 is 11.1 Å². The molecule has 4 nitrogen and oxygen atoms in total. The number of rotatable bonds is 6. The maximum Gasteiger partial charge on any atom is 0.0992 e. The van der Waals surface area contributed by atoms with Gasteiger partial charge in [-0.05, 0) is 31.5 Å². The lowest BCUT2D eigenvalue weighted by Crippen LogP contribution is -2.07. The molecular weight excluding hydrogens is 202 g/mol. The SMILES string of the molecule is CCOCCCNc1ccc(C#N)cc1N. The second-order valence-corrected chi connectivity index (χ2v) is 3.39. The normalized spacial score (nSPS) is 9.75. The minimum atomic E-state index is 0.581. The van der Waals surface area contributed by atoms with Crippen molar-refractivity contribution in [3.63, 3.8) is 0 Å². The molecule has 0 aliphatic heterocycles. The third kappa shape index (κ3) is 3.79. The van der Waals surface area contributed by atoms with Gasteiger partial charge in [0.15, 0.2) is 0 Å². The summed E-state index contributed by atoms with van der Waals surface area (Å²) in [4.78, 5) is 0. The van der Waals surface area contributed by atoms with Crippen molar-refractivity contribution in [2.75, 3.05) is 30.8 Å². The first-order valence-corrected chi connectivity index (χ1v) is 5.39. The van der Waals surface area contributed by atoms with E-state index in [-0.39, 0.29) is 0 Å². The highest BCUT2D eigenvalue weighted by Gasteiger charge is 1.99. The molecule has 0 heterocycles. The smallest absolute Gasteiger partial charge is 0.0992 e. The molecule has 0 aromatic heterocycles. The Morgan fingerprint density at radius 1 is 1.50 bits per heavy atom. The van der Waals surface area contributed by atoms with Gasteiger partial charge in [0.25, 0.3) is 0 Å². The van der Waals surface area contributed by atoms with Crippen molar-refractivity contribution in [3.05, 3.63) is 23.8 Å². The Bertz CT molecular complexity index is 371. The Hall–Kier alpha value is -1.73. The number of nitriles is 1. The number of anilines is 2. The molecule has 0 aliphatic carbocycles. The predicted molar refractivity (Wildman–Crippen MR) is 65.2 cm³/mol. The summed E-state index contributed by atoms with van der Waals surface area (Å²) in [5, 5.41) is 11.9. The molecule has 0 bridgehead atoms. The zero-order chi connectivity index (χ0) is 11.8. The van der Waals surface area contributed by atoms with Gasteiger partial charge in [-0.25, -0.2) is 0 Å². The quantitative estimate of drug-likeness (QED) is 0.567. The van der Waals surface area contributed by atoms with Crippen LogP contribution in [0.1, 0.15) is 18.9 Å². The first-order chi connectivity index (χ1) is 7.77. The summed E-state index contributed by atoms with van der Waals surface area (Å²) in [5.41, 5.74) is 7.85. The van der Waals surface area contributed by atoms with Gasteiger partial charge in [-0.2, -0.15) is 5.26 Å². The fourth-order valence-corrected chi connectivity index (χ4v) is 1.33. The van der Waals surface area contributed by atoms with E-state index in [2.05, 4.69) is 11.4 Å². The Balaban J connectivity index is 2.40. The first-order valence-electron chi connectivity index (χ1n) is 5.39. The van der Waals surface area contributed by atoms with Crippen molar-refractivity contribution in [2.24, 2.45) is 0 Å². The third-order valence-corrected chi connectivity index (χ3v) is 2.17. The molecule has 0 atom stereocenters. The molecule has 1 aromatic rings. The van der Waals surface area contributed by atoms with Crippen LogP contribution in [0.3, 0.4) is 0 Å². The van der Waals surface area contributed by atoms with Gasteiger partial charge in [-0.1, -0.05) is 0 Å². The van der Waals surface area contributed by atoms with Gasteiger partial charge in [-0.3, -0.25) is 0 Å². The van der Waals surface area contributed by atoms with Gasteiger partial charge in [0.1, 0.15) is 0 Å². The Morgan fingerprint density at radius 2 is 2.31 bits per heavy atom. The number of hydrogen-bond donors (Lipinski definition) is 2. The summed E-state index contributed by atoms with van der Waals surface area (Å²) in [5.74, 6) is 0. The lowest BCUT2D eigenvalue weighted by Gasteiger charge is -2.09. The molecule has 0 amide bonds. The number of ether oxygens (including phenoxy) is 1. The van der Waals surface area contributed by atoms with E-state index in [9.17, 15) is 0 Å². The number of nitrogen functional groups attached to an aromatic ring is 1. The van der Waals surface area contributed by atoms with Gasteiger partial charge < -0.3 is 15.8 Å². The van der Waals surface area contributed by atoms with Gasteiger partial charge in [0, 0.05) is 19.8 Å². The molecule has 4 heteroatoms. The molecular formula is C12H17N3O. The van der Waals surface area contributed by atoms with Crippen molar-refractivity contribution in [1.82, 2.24) is 0 Å². The molecule has 0 saturated carbocycles. The van der Waals surface area contributed by atoms with Gasteiger partial charge >= 0.3 is 0 Å². The fraction of sp³-hybridized carbons (Fsp3) is 0.417. The molecule has 0 spiro atoms. The molecule has 0 saturated heterocycles. The van der Waals surface area contributed by atoms with Crippen LogP contribution in [0.5, 0.6) is 0 Å². The molecule has 16 heavy (non-hydrogen) atoms. The van der Waals surface area contributed by atoms with Crippen molar-refractivity contribution in [3.8, 4) is 6.07 Å². The van der Waals surface area contributed by atoms with E-state index in [1.54, 1.807) is 12.1 Å². The van der Waals surface area contributed by atoms with E-state index < -0.39 is 0 Å². The van der Waals surface area contributed by atoms with Crippen LogP contribution in [0.4, 0.5) is 11.4 Å². The maximum absolute atomic E-state index is 8.68. The van der Waals surface area contributed by atoms with Crippen LogP contribution in [0, 0.1) is 11.3 Å². The van der Waals surface area contributed by atoms with Gasteiger partial charge in [0.05, 0.1) is 23.0 Å². The Labute approximate surface area is 96.0 Å². The average molecular weight is 219 g/mol. The van der Waals surface area contributed by atoms with Crippen molar-refractivity contribution < 1.29 is 4.74 Å². The van der Waals surface area contributed by atoms with Crippen LogP contribution in [0.15, 0.2) is 18.2 Å². The molecule has 0 unspecified atom stereocenters. The lowest BCUT2D eigenvalue weighted by atomic mass is 10.2. The van der Waals surface area contributed by atoms with Crippen LogP contribution in [0.25, 0.3) is 0 Å². The first kappa shape index (κ1) is 12.3. The molecule has 1 aromatic carbocycles. The number of nitrogens with one attached hydrogen (secondary N) is 1. The summed E-state index contributed by atoms with van der Waals surface area (Å²) in [6.45, 7) is 4.29. The van der Waals surface area contributed by atoms with E-state index in [0.29, 0.717) is 11.3 Å². The molecule has 3 N–H and O–H groups in total. The zero-order valence-electron chi connectivity index (χ0n) is 9.49. The molecule has 1 rings (SSSR count). The van der Waals surface area contributed by atoms with E-state index >= 15 is 0 Å². The minimum absolute atomic E-state index is 0.581. The number of nitrogens with two attached hydrogens (primary N) is 1. The fourth-order valence-electron chi connectivity index (χ4n) is 1.33. The van der Waals surface area contributed by atoms with E-state index in [1.165, 1.54) is 0 Å². The molecule has 0 radical (unpaired) electrons. The third-order valence-electron chi connectivity index (χ3n) is 2.17. The van der Waals surface area contributed by atoms with E-state index in [0.717, 1.165) is 31.9 Å². The highest BCUT2D eigenvalue weighted by molar-refractivity contribution is 5.68. The van der Waals surface area contributed by atoms with Gasteiger partial charge in [-0.15, -0.1) is 0 Å². The molecule has 0 fully saturated rings. The van der Waals surface area contributed by atoms with Crippen LogP contribution >= 0.6 is 0 Å². The van der Waals surface area contributed by atoms with E-state index in [4.69, 9.17) is 15.7 Å². The second kappa shape index (κ2) is 6.70. The van der Waals surface area contributed by atoms with Crippen molar-refractivity contribution >= 4 is 11.4 Å². The number of benzene rings is 1. The Kier molecular flexibility index (Phi) is 5.17. The lowest BCUT2D eigenvalue weighted by molar-refractivity contribution is 0.147. The highest BCUT2D eigenvalue weighted by atomic mass is 16.5. The summed E-state index contributed by atoms with van der Waals surface area (Å²) < 4.78 is 5.22. The standard InChI is InChI=1S/C12H17N3O/c1-2-16-7-3-6-15-12-5-4-10(9-13)8-11(12)14/h4-5,8,15H,2-3,6-7,14H2,1H3. The topological polar surface area (TPSA) is 71.1 Å². The highest BCUT2D eigenvalue weighted by Crippen LogP contribution is 2.19. The van der Waals surface area contributed by atoms with E-state index in [1.807, 2.05) is 13.0 Å². The van der Waals surface area contributed by atoms with Crippen molar-refractivity contribution in [1.29, 1.82) is 5.26 Å². The second-order valence-electron chi connectivity index (χ2n) is 3.39. The molecule has 0 aliphatic rings. The molecule has 86 valence electrons. The maximum atomic E-state index is 8.68. The minimum Gasteiger partial charge on any atom is -0.397 e. The Morgan fingerprint density at radius 3 is 2.94 bits per heavy atom.